The van der Waals surface area contributed by atoms with Gasteiger partial charge in [0.1, 0.15) is 6.33 Å². The van der Waals surface area contributed by atoms with Crippen LogP contribution < -0.4 is 5.32 Å². The van der Waals surface area contributed by atoms with Crippen molar-refractivity contribution < 1.29 is 4.79 Å². The third-order valence-corrected chi connectivity index (χ3v) is 3.67. The van der Waals surface area contributed by atoms with E-state index in [1.54, 1.807) is 6.33 Å². The fraction of sp³-hybridized carbons (Fsp3) is 0.357. The summed E-state index contributed by atoms with van der Waals surface area (Å²) < 4.78 is 1.99. The summed E-state index contributed by atoms with van der Waals surface area (Å²) in [5.74, 6) is 0.897. The van der Waals surface area contributed by atoms with Crippen molar-refractivity contribution in [3.8, 4) is 0 Å². The van der Waals surface area contributed by atoms with Crippen LogP contribution in [0.15, 0.2) is 24.5 Å². The Bertz CT molecular complexity index is 649. The summed E-state index contributed by atoms with van der Waals surface area (Å²) >= 11 is 0. The van der Waals surface area contributed by atoms with Gasteiger partial charge in [-0.25, -0.2) is 0 Å². The highest BCUT2D eigenvalue weighted by molar-refractivity contribution is 5.96. The van der Waals surface area contributed by atoms with Gasteiger partial charge in [0.05, 0.1) is 6.54 Å². The highest BCUT2D eigenvalue weighted by Gasteiger charge is 2.23. The van der Waals surface area contributed by atoms with Crippen LogP contribution in [0.1, 0.15) is 21.7 Å². The number of fused-ring (bicyclic) bond motifs is 1. The first kappa shape index (κ1) is 12.7. The van der Waals surface area contributed by atoms with Gasteiger partial charge in [0, 0.05) is 31.4 Å². The van der Waals surface area contributed by atoms with E-state index in [-0.39, 0.29) is 5.91 Å². The zero-order valence-electron chi connectivity index (χ0n) is 11.6. The lowest BCUT2D eigenvalue weighted by Gasteiger charge is -2.27. The van der Waals surface area contributed by atoms with Crippen molar-refractivity contribution in [2.45, 2.75) is 20.0 Å². The van der Waals surface area contributed by atoms with E-state index in [9.17, 15) is 4.79 Å². The highest BCUT2D eigenvalue weighted by Crippen LogP contribution is 2.19. The second-order valence-electron chi connectivity index (χ2n) is 4.95. The quantitative estimate of drug-likeness (QED) is 0.894. The van der Waals surface area contributed by atoms with E-state index >= 15 is 0 Å². The Hall–Kier alpha value is -2.37. The van der Waals surface area contributed by atoms with Crippen LogP contribution in [0.25, 0.3) is 0 Å². The molecular formula is C14H17N5O. The van der Waals surface area contributed by atoms with E-state index < -0.39 is 0 Å². The number of nitrogens with one attached hydrogen (secondary N) is 1. The summed E-state index contributed by atoms with van der Waals surface area (Å²) in [6.07, 6.45) is 1.71. The van der Waals surface area contributed by atoms with Gasteiger partial charge in [-0.1, -0.05) is 0 Å². The summed E-state index contributed by atoms with van der Waals surface area (Å²) in [5.41, 5.74) is 2.74. The molecular weight excluding hydrogens is 254 g/mol. The normalized spacial score (nSPS) is 14.0. The Balaban J connectivity index is 1.83. The lowest BCUT2D eigenvalue weighted by atomic mass is 10.1. The molecule has 0 bridgehead atoms. The molecule has 6 heteroatoms. The zero-order chi connectivity index (χ0) is 14.1. The number of hydrogen-bond acceptors (Lipinski definition) is 4. The predicted molar refractivity (Wildman–Crippen MR) is 75.5 cm³/mol. The summed E-state index contributed by atoms with van der Waals surface area (Å²) in [6, 6.07) is 5.79. The molecule has 0 radical (unpaired) electrons. The summed E-state index contributed by atoms with van der Waals surface area (Å²) in [5, 5.41) is 11.0. The molecule has 1 amide bonds. The van der Waals surface area contributed by atoms with Crippen LogP contribution in [0.2, 0.25) is 0 Å². The molecule has 0 atom stereocenters. The molecule has 0 saturated heterocycles. The van der Waals surface area contributed by atoms with Gasteiger partial charge in [-0.2, -0.15) is 0 Å². The van der Waals surface area contributed by atoms with Crippen LogP contribution in [0.4, 0.5) is 5.69 Å². The number of aromatic nitrogens is 3. The van der Waals surface area contributed by atoms with Gasteiger partial charge in [0.25, 0.3) is 5.91 Å². The summed E-state index contributed by atoms with van der Waals surface area (Å²) in [7, 11) is 1.87. The average molecular weight is 271 g/mol. The Morgan fingerprint density at radius 1 is 1.35 bits per heavy atom. The first-order valence-electron chi connectivity index (χ1n) is 6.63. The molecule has 1 aromatic carbocycles. The van der Waals surface area contributed by atoms with Crippen molar-refractivity contribution >= 4 is 11.6 Å². The minimum absolute atomic E-state index is 0.0550. The molecule has 3 rings (SSSR count). The van der Waals surface area contributed by atoms with Crippen molar-refractivity contribution in [2.75, 3.05) is 18.9 Å². The molecule has 104 valence electrons. The number of nitrogens with zero attached hydrogens (tertiary/aromatic N) is 4. The number of carbonyl (C=O) groups is 1. The van der Waals surface area contributed by atoms with Crippen LogP contribution in [-0.4, -0.2) is 39.2 Å². The Morgan fingerprint density at radius 3 is 2.95 bits per heavy atom. The maximum atomic E-state index is 12.6. The Labute approximate surface area is 117 Å². The number of rotatable bonds is 2. The predicted octanol–water partition coefficient (Wildman–Crippen LogP) is 1.28. The standard InChI is InChI=1S/C14H17N5O/c1-10-7-11(15-2)3-4-12(10)14(20)18-5-6-19-9-16-17-13(19)8-18/h3-4,7,9,15H,5-6,8H2,1-2H3. The SMILES string of the molecule is CNc1ccc(C(=O)N2CCn3cnnc3C2)c(C)c1. The van der Waals surface area contributed by atoms with Gasteiger partial charge in [0.15, 0.2) is 5.82 Å². The fourth-order valence-corrected chi connectivity index (χ4v) is 2.47. The molecule has 1 aromatic heterocycles. The largest absolute Gasteiger partial charge is 0.388 e. The second kappa shape index (κ2) is 4.96. The molecule has 1 aliphatic rings. The number of benzene rings is 1. The lowest BCUT2D eigenvalue weighted by Crippen LogP contribution is -2.38. The average Bonchev–Trinajstić information content (AvgIpc) is 2.93. The van der Waals surface area contributed by atoms with Gasteiger partial charge in [0.2, 0.25) is 0 Å². The molecule has 0 spiro atoms. The van der Waals surface area contributed by atoms with Crippen molar-refractivity contribution in [3.63, 3.8) is 0 Å². The Morgan fingerprint density at radius 2 is 2.20 bits per heavy atom. The van der Waals surface area contributed by atoms with Gasteiger partial charge >= 0.3 is 0 Å². The van der Waals surface area contributed by atoms with E-state index in [4.69, 9.17) is 0 Å². The molecule has 0 unspecified atom stereocenters. The van der Waals surface area contributed by atoms with Gasteiger partial charge in [-0.15, -0.1) is 10.2 Å². The minimum Gasteiger partial charge on any atom is -0.388 e. The van der Waals surface area contributed by atoms with Crippen LogP contribution in [0, 0.1) is 6.92 Å². The Kier molecular flexibility index (Phi) is 3.14. The maximum Gasteiger partial charge on any atom is 0.254 e. The van der Waals surface area contributed by atoms with Crippen LogP contribution in [-0.2, 0) is 13.1 Å². The lowest BCUT2D eigenvalue weighted by molar-refractivity contribution is 0.0707. The molecule has 0 fully saturated rings. The number of hydrogen-bond donors (Lipinski definition) is 1. The van der Waals surface area contributed by atoms with Crippen molar-refractivity contribution in [1.29, 1.82) is 0 Å². The smallest absolute Gasteiger partial charge is 0.254 e. The molecule has 2 aromatic rings. The number of aryl methyl sites for hydroxylation is 1. The monoisotopic (exact) mass is 271 g/mol. The van der Waals surface area contributed by atoms with E-state index in [0.29, 0.717) is 13.1 Å². The molecule has 20 heavy (non-hydrogen) atoms. The van der Waals surface area contributed by atoms with Gasteiger partial charge in [-0.05, 0) is 30.7 Å². The van der Waals surface area contributed by atoms with E-state index in [2.05, 4.69) is 15.5 Å². The van der Waals surface area contributed by atoms with Gasteiger partial charge in [-0.3, -0.25) is 4.79 Å². The third-order valence-electron chi connectivity index (χ3n) is 3.67. The van der Waals surface area contributed by atoms with Gasteiger partial charge < -0.3 is 14.8 Å². The van der Waals surface area contributed by atoms with E-state index in [0.717, 1.165) is 29.2 Å². The van der Waals surface area contributed by atoms with Crippen molar-refractivity contribution in [1.82, 2.24) is 19.7 Å². The third kappa shape index (κ3) is 2.13. The topological polar surface area (TPSA) is 63.1 Å². The molecule has 1 aliphatic heterocycles. The number of amides is 1. The minimum atomic E-state index is 0.0550. The molecule has 0 aliphatic carbocycles. The number of anilines is 1. The molecule has 6 nitrogen and oxygen atoms in total. The van der Waals surface area contributed by atoms with Crippen LogP contribution >= 0.6 is 0 Å². The zero-order valence-corrected chi connectivity index (χ0v) is 11.6. The highest BCUT2D eigenvalue weighted by atomic mass is 16.2. The van der Waals surface area contributed by atoms with Crippen LogP contribution in [0.5, 0.6) is 0 Å². The fourth-order valence-electron chi connectivity index (χ4n) is 2.47. The molecule has 1 N–H and O–H groups in total. The first-order valence-corrected chi connectivity index (χ1v) is 6.63. The number of carbonyl (C=O) groups excluding carboxylic acids is 1. The van der Waals surface area contributed by atoms with E-state index in [1.807, 2.05) is 41.6 Å². The molecule has 0 saturated carbocycles. The summed E-state index contributed by atoms with van der Waals surface area (Å²) in [4.78, 5) is 14.4. The molecule has 2 heterocycles. The van der Waals surface area contributed by atoms with E-state index in [1.165, 1.54) is 0 Å². The maximum absolute atomic E-state index is 12.6. The first-order chi connectivity index (χ1) is 9.69. The van der Waals surface area contributed by atoms with Crippen molar-refractivity contribution in [2.24, 2.45) is 0 Å². The second-order valence-corrected chi connectivity index (χ2v) is 4.95. The summed E-state index contributed by atoms with van der Waals surface area (Å²) in [6.45, 7) is 3.92. The van der Waals surface area contributed by atoms with Crippen molar-refractivity contribution in [3.05, 3.63) is 41.5 Å². The van der Waals surface area contributed by atoms with Crippen LogP contribution in [0.3, 0.4) is 0 Å².